The topological polar surface area (TPSA) is 45.2 Å². The Labute approximate surface area is 143 Å². The van der Waals surface area contributed by atoms with Crippen LogP contribution in [0.15, 0.2) is 24.3 Å². The second kappa shape index (κ2) is 8.35. The number of rotatable bonds is 5. The number of carbonyl (C=O) groups is 1. The summed E-state index contributed by atoms with van der Waals surface area (Å²) < 4.78 is 11.0. The van der Waals surface area contributed by atoms with Crippen LogP contribution in [0.4, 0.5) is 5.69 Å². The first-order chi connectivity index (χ1) is 11.8. The normalized spacial score (nSPS) is 19.4. The first-order valence-corrected chi connectivity index (χ1v) is 8.82. The molecule has 6 heteroatoms. The zero-order valence-corrected chi connectivity index (χ0v) is 14.4. The summed E-state index contributed by atoms with van der Waals surface area (Å²) in [5, 5.41) is 0. The summed E-state index contributed by atoms with van der Waals surface area (Å²) in [6.45, 7) is 9.59. The minimum Gasteiger partial charge on any atom is -0.492 e. The number of nitrogens with zero attached hydrogens (tertiary/aromatic N) is 3. The number of ether oxygens (including phenoxy) is 2. The van der Waals surface area contributed by atoms with Gasteiger partial charge in [-0.3, -0.25) is 9.69 Å². The molecule has 0 atom stereocenters. The molecule has 2 aliphatic heterocycles. The highest BCUT2D eigenvalue weighted by atomic mass is 16.5. The van der Waals surface area contributed by atoms with Gasteiger partial charge in [-0.2, -0.15) is 0 Å². The fraction of sp³-hybridized carbons (Fsp3) is 0.611. The highest BCUT2D eigenvalue weighted by Gasteiger charge is 2.24. The molecule has 1 aromatic rings. The maximum absolute atomic E-state index is 12.4. The highest BCUT2D eigenvalue weighted by molar-refractivity contribution is 5.78. The Balaban J connectivity index is 1.51. The third-order valence-electron chi connectivity index (χ3n) is 4.60. The third kappa shape index (κ3) is 4.19. The molecule has 1 amide bonds. The first kappa shape index (κ1) is 17.0. The van der Waals surface area contributed by atoms with E-state index in [1.807, 2.05) is 30.0 Å². The van der Waals surface area contributed by atoms with Gasteiger partial charge in [-0.25, -0.2) is 0 Å². The van der Waals surface area contributed by atoms with Crippen LogP contribution in [0.3, 0.4) is 0 Å². The standard InChI is InChI=1S/C18H27N3O3/c1-2-24-17-6-4-3-5-16(17)20-9-7-19(8-10-20)15-18(22)21-11-13-23-14-12-21/h3-6H,2,7-15H2,1H3. The van der Waals surface area contributed by atoms with Crippen molar-refractivity contribution < 1.29 is 14.3 Å². The summed E-state index contributed by atoms with van der Waals surface area (Å²) in [6.07, 6.45) is 0. The van der Waals surface area contributed by atoms with Crippen molar-refractivity contribution in [1.29, 1.82) is 0 Å². The van der Waals surface area contributed by atoms with E-state index in [4.69, 9.17) is 9.47 Å². The van der Waals surface area contributed by atoms with Crippen molar-refractivity contribution in [2.75, 3.05) is 70.5 Å². The Morgan fingerprint density at radius 1 is 1.08 bits per heavy atom. The SMILES string of the molecule is CCOc1ccccc1N1CCN(CC(=O)N2CCOCC2)CC1. The lowest BCUT2D eigenvalue weighted by atomic mass is 10.2. The number of piperazine rings is 1. The van der Waals surface area contributed by atoms with E-state index in [2.05, 4.69) is 15.9 Å². The van der Waals surface area contributed by atoms with E-state index >= 15 is 0 Å². The van der Waals surface area contributed by atoms with E-state index < -0.39 is 0 Å². The Kier molecular flexibility index (Phi) is 5.93. The van der Waals surface area contributed by atoms with Crippen molar-refractivity contribution in [1.82, 2.24) is 9.80 Å². The van der Waals surface area contributed by atoms with Crippen molar-refractivity contribution >= 4 is 11.6 Å². The van der Waals surface area contributed by atoms with Crippen molar-refractivity contribution in [3.8, 4) is 5.75 Å². The second-order valence-corrected chi connectivity index (χ2v) is 6.16. The summed E-state index contributed by atoms with van der Waals surface area (Å²) in [7, 11) is 0. The monoisotopic (exact) mass is 333 g/mol. The van der Waals surface area contributed by atoms with E-state index in [0.717, 1.165) is 50.7 Å². The number of hydrogen-bond donors (Lipinski definition) is 0. The zero-order chi connectivity index (χ0) is 16.8. The Bertz CT molecular complexity index is 538. The van der Waals surface area contributed by atoms with Crippen LogP contribution < -0.4 is 9.64 Å². The van der Waals surface area contributed by atoms with Gasteiger partial charge in [-0.1, -0.05) is 12.1 Å². The first-order valence-electron chi connectivity index (χ1n) is 8.82. The van der Waals surface area contributed by atoms with Crippen LogP contribution in [0.1, 0.15) is 6.92 Å². The molecule has 0 N–H and O–H groups in total. The van der Waals surface area contributed by atoms with Gasteiger partial charge in [0.25, 0.3) is 0 Å². The van der Waals surface area contributed by atoms with Gasteiger partial charge in [0.15, 0.2) is 0 Å². The van der Waals surface area contributed by atoms with Crippen LogP contribution in [0.5, 0.6) is 5.75 Å². The van der Waals surface area contributed by atoms with Gasteiger partial charge in [0.2, 0.25) is 5.91 Å². The van der Waals surface area contributed by atoms with Crippen molar-refractivity contribution in [3.63, 3.8) is 0 Å². The van der Waals surface area contributed by atoms with Crippen molar-refractivity contribution in [2.24, 2.45) is 0 Å². The maximum atomic E-state index is 12.4. The third-order valence-corrected chi connectivity index (χ3v) is 4.60. The Hall–Kier alpha value is -1.79. The smallest absolute Gasteiger partial charge is 0.236 e. The molecule has 0 aliphatic carbocycles. The molecule has 132 valence electrons. The van der Waals surface area contributed by atoms with Crippen LogP contribution >= 0.6 is 0 Å². The molecule has 0 radical (unpaired) electrons. The molecule has 0 saturated carbocycles. The maximum Gasteiger partial charge on any atom is 0.236 e. The molecule has 2 heterocycles. The van der Waals surface area contributed by atoms with Gasteiger partial charge in [-0.05, 0) is 19.1 Å². The molecule has 3 rings (SSSR count). The molecular formula is C18H27N3O3. The molecule has 2 fully saturated rings. The zero-order valence-electron chi connectivity index (χ0n) is 14.4. The van der Waals surface area contributed by atoms with Gasteiger partial charge in [-0.15, -0.1) is 0 Å². The fourth-order valence-electron chi connectivity index (χ4n) is 3.25. The molecule has 24 heavy (non-hydrogen) atoms. The van der Waals surface area contributed by atoms with E-state index in [9.17, 15) is 4.79 Å². The minimum atomic E-state index is 0.224. The fourth-order valence-corrected chi connectivity index (χ4v) is 3.25. The van der Waals surface area contributed by atoms with Gasteiger partial charge < -0.3 is 19.3 Å². The predicted molar refractivity (Wildman–Crippen MR) is 93.7 cm³/mol. The van der Waals surface area contributed by atoms with Gasteiger partial charge in [0.1, 0.15) is 5.75 Å². The quantitative estimate of drug-likeness (QED) is 0.806. The number of para-hydroxylation sites is 2. The van der Waals surface area contributed by atoms with E-state index in [1.165, 1.54) is 0 Å². The van der Waals surface area contributed by atoms with Crippen LogP contribution in [-0.2, 0) is 9.53 Å². The number of morpholine rings is 1. The second-order valence-electron chi connectivity index (χ2n) is 6.16. The lowest BCUT2D eigenvalue weighted by Gasteiger charge is -2.37. The molecule has 0 aromatic heterocycles. The molecular weight excluding hydrogens is 306 g/mol. The van der Waals surface area contributed by atoms with Crippen LogP contribution in [0.2, 0.25) is 0 Å². The van der Waals surface area contributed by atoms with Crippen LogP contribution in [0.25, 0.3) is 0 Å². The van der Waals surface area contributed by atoms with Gasteiger partial charge in [0, 0.05) is 39.3 Å². The number of amides is 1. The summed E-state index contributed by atoms with van der Waals surface area (Å²) in [4.78, 5) is 18.9. The Morgan fingerprint density at radius 3 is 2.50 bits per heavy atom. The summed E-state index contributed by atoms with van der Waals surface area (Å²) in [5.74, 6) is 1.17. The van der Waals surface area contributed by atoms with E-state index in [1.54, 1.807) is 0 Å². The molecule has 0 bridgehead atoms. The van der Waals surface area contributed by atoms with E-state index in [0.29, 0.717) is 26.4 Å². The average molecular weight is 333 g/mol. The van der Waals surface area contributed by atoms with E-state index in [-0.39, 0.29) is 5.91 Å². The molecule has 1 aromatic carbocycles. The molecule has 2 aliphatic rings. The molecule has 0 unspecified atom stereocenters. The summed E-state index contributed by atoms with van der Waals surface area (Å²) in [5.41, 5.74) is 1.15. The molecule has 2 saturated heterocycles. The number of hydrogen-bond acceptors (Lipinski definition) is 5. The van der Waals surface area contributed by atoms with Gasteiger partial charge in [0.05, 0.1) is 32.1 Å². The predicted octanol–water partition coefficient (Wildman–Crippen LogP) is 1.07. The van der Waals surface area contributed by atoms with Crippen molar-refractivity contribution in [3.05, 3.63) is 24.3 Å². The van der Waals surface area contributed by atoms with Crippen LogP contribution in [-0.4, -0.2) is 81.3 Å². The van der Waals surface area contributed by atoms with Crippen LogP contribution in [0, 0.1) is 0 Å². The van der Waals surface area contributed by atoms with Crippen molar-refractivity contribution in [2.45, 2.75) is 6.92 Å². The molecule has 6 nitrogen and oxygen atoms in total. The number of carbonyl (C=O) groups excluding carboxylic acids is 1. The number of anilines is 1. The lowest BCUT2D eigenvalue weighted by Crippen LogP contribution is -2.51. The summed E-state index contributed by atoms with van der Waals surface area (Å²) in [6, 6.07) is 8.19. The molecule has 0 spiro atoms. The lowest BCUT2D eigenvalue weighted by molar-refractivity contribution is -0.136. The minimum absolute atomic E-state index is 0.224. The summed E-state index contributed by atoms with van der Waals surface area (Å²) >= 11 is 0. The Morgan fingerprint density at radius 2 is 1.79 bits per heavy atom. The van der Waals surface area contributed by atoms with Gasteiger partial charge >= 0.3 is 0 Å². The largest absolute Gasteiger partial charge is 0.492 e. The average Bonchev–Trinajstić information content (AvgIpc) is 2.64. The highest BCUT2D eigenvalue weighted by Crippen LogP contribution is 2.28. The number of benzene rings is 1.